The normalized spacial score (nSPS) is 13.3. The highest BCUT2D eigenvalue weighted by Crippen LogP contribution is 2.31. The fraction of sp³-hybridized carbons (Fsp3) is 0.667. The van der Waals surface area contributed by atoms with Crippen molar-refractivity contribution in [1.29, 1.82) is 0 Å². The predicted octanol–water partition coefficient (Wildman–Crippen LogP) is 5.51. The van der Waals surface area contributed by atoms with Crippen molar-refractivity contribution in [3.8, 4) is 11.5 Å². The number of hydrogen-bond acceptors (Lipinski definition) is 10. The molecule has 0 aliphatic carbocycles. The van der Waals surface area contributed by atoms with Crippen LogP contribution in [0.2, 0.25) is 0 Å². The van der Waals surface area contributed by atoms with Crippen LogP contribution in [0.3, 0.4) is 0 Å². The van der Waals surface area contributed by atoms with E-state index < -0.39 is 29.6 Å². The number of esters is 3. The second-order valence-corrected chi connectivity index (χ2v) is 11.0. The summed E-state index contributed by atoms with van der Waals surface area (Å²) in [5.74, 6) is -0.834. The van der Waals surface area contributed by atoms with Crippen molar-refractivity contribution in [2.75, 3.05) is 13.7 Å². The van der Waals surface area contributed by atoms with Gasteiger partial charge in [0.25, 0.3) is 0 Å². The lowest BCUT2D eigenvalue weighted by atomic mass is 9.88. The number of rotatable bonds is 17. The van der Waals surface area contributed by atoms with E-state index in [4.69, 9.17) is 29.4 Å². The van der Waals surface area contributed by atoms with Crippen LogP contribution in [0.5, 0.6) is 11.5 Å². The molecule has 10 nitrogen and oxygen atoms in total. The van der Waals surface area contributed by atoms with Crippen LogP contribution in [0.25, 0.3) is 0 Å². The van der Waals surface area contributed by atoms with E-state index in [9.17, 15) is 19.2 Å². The van der Waals surface area contributed by atoms with Gasteiger partial charge in [0.2, 0.25) is 0 Å². The average Bonchev–Trinajstić information content (AvgIpc) is 2.87. The molecule has 0 amide bonds. The van der Waals surface area contributed by atoms with Crippen molar-refractivity contribution in [1.82, 2.24) is 0 Å². The van der Waals surface area contributed by atoms with Crippen LogP contribution in [-0.4, -0.2) is 49.4 Å². The Kier molecular flexibility index (Phi) is 15.3. The highest BCUT2D eigenvalue weighted by Gasteiger charge is 2.36. The first-order valence-corrected chi connectivity index (χ1v) is 14.0. The van der Waals surface area contributed by atoms with Crippen molar-refractivity contribution < 1.29 is 42.9 Å². The predicted molar refractivity (Wildman–Crippen MR) is 150 cm³/mol. The molecule has 1 rings (SSSR count). The summed E-state index contributed by atoms with van der Waals surface area (Å²) in [5, 5.41) is 0. The van der Waals surface area contributed by atoms with E-state index in [0.717, 1.165) is 6.42 Å². The lowest BCUT2D eigenvalue weighted by molar-refractivity contribution is -0.148. The van der Waals surface area contributed by atoms with Gasteiger partial charge in [-0.25, -0.2) is 4.79 Å². The summed E-state index contributed by atoms with van der Waals surface area (Å²) in [7, 11) is 1.22. The van der Waals surface area contributed by atoms with E-state index in [1.54, 1.807) is 13.0 Å². The van der Waals surface area contributed by atoms with Crippen LogP contribution in [0.1, 0.15) is 92.1 Å². The molecular formula is C30H47NO9. The van der Waals surface area contributed by atoms with E-state index in [2.05, 4.69) is 0 Å². The Balaban J connectivity index is 3.10. The summed E-state index contributed by atoms with van der Waals surface area (Å²) in [4.78, 5) is 49.5. The molecule has 2 N–H and O–H groups in total. The van der Waals surface area contributed by atoms with Crippen LogP contribution in [0.15, 0.2) is 18.2 Å². The van der Waals surface area contributed by atoms with Crippen LogP contribution in [0.4, 0.5) is 4.79 Å². The quantitative estimate of drug-likeness (QED) is 0.190. The summed E-state index contributed by atoms with van der Waals surface area (Å²) < 4.78 is 26.3. The van der Waals surface area contributed by atoms with Crippen LogP contribution in [-0.2, 0) is 35.0 Å². The third-order valence-corrected chi connectivity index (χ3v) is 6.18. The molecule has 0 aromatic heterocycles. The molecule has 1 aromatic rings. The molecule has 0 heterocycles. The summed E-state index contributed by atoms with van der Waals surface area (Å²) in [5.41, 5.74) is 5.41. The highest BCUT2D eigenvalue weighted by molar-refractivity contribution is 5.81. The second-order valence-electron chi connectivity index (χ2n) is 11.0. The van der Waals surface area contributed by atoms with Gasteiger partial charge in [-0.2, -0.15) is 0 Å². The second kappa shape index (κ2) is 17.5. The minimum absolute atomic E-state index is 0.0254. The molecule has 0 saturated heterocycles. The zero-order valence-corrected chi connectivity index (χ0v) is 25.1. The standard InChI is InChI=1S/C30H47NO9/c1-8-9-22(6)38-29(35)37-17-16-30(31,28(34)36-7)19-23-12-13-24(39-26(32)14-10-20(2)3)25(18-23)40-27(33)15-11-21(4)5/h12-13,18,20-22H,8-11,14-17,19,31H2,1-7H3/t22-,30+/m0/s1. The number of methoxy groups -OCH3 is 1. The summed E-state index contributed by atoms with van der Waals surface area (Å²) in [6.45, 7) is 11.6. The van der Waals surface area contributed by atoms with Gasteiger partial charge in [-0.15, -0.1) is 0 Å². The Bertz CT molecular complexity index is 976. The smallest absolute Gasteiger partial charge is 0.468 e. The van der Waals surface area contributed by atoms with E-state index >= 15 is 0 Å². The Hall–Kier alpha value is -3.14. The molecule has 0 fully saturated rings. The molecule has 0 bridgehead atoms. The van der Waals surface area contributed by atoms with Gasteiger partial charge >= 0.3 is 24.1 Å². The fourth-order valence-corrected chi connectivity index (χ4v) is 3.80. The molecule has 226 valence electrons. The largest absolute Gasteiger partial charge is 0.508 e. The van der Waals surface area contributed by atoms with Gasteiger partial charge in [0.15, 0.2) is 11.5 Å². The van der Waals surface area contributed by atoms with Crippen molar-refractivity contribution in [2.24, 2.45) is 17.6 Å². The molecule has 0 unspecified atom stereocenters. The van der Waals surface area contributed by atoms with Crippen LogP contribution in [0, 0.1) is 11.8 Å². The topological polar surface area (TPSA) is 140 Å². The van der Waals surface area contributed by atoms with Crippen LogP contribution >= 0.6 is 0 Å². The number of carbonyl (C=O) groups excluding carboxylic acids is 4. The maximum absolute atomic E-state index is 12.7. The first kappa shape index (κ1) is 34.9. The van der Waals surface area contributed by atoms with Gasteiger partial charge in [-0.1, -0.05) is 47.1 Å². The molecular weight excluding hydrogens is 518 g/mol. The van der Waals surface area contributed by atoms with Gasteiger partial charge in [-0.3, -0.25) is 14.4 Å². The number of hydrogen-bond donors (Lipinski definition) is 1. The molecule has 0 spiro atoms. The van der Waals surface area contributed by atoms with Crippen molar-refractivity contribution >= 4 is 24.1 Å². The minimum atomic E-state index is -1.56. The Morgan fingerprint density at radius 3 is 1.98 bits per heavy atom. The average molecular weight is 566 g/mol. The fourth-order valence-electron chi connectivity index (χ4n) is 3.80. The zero-order chi connectivity index (χ0) is 30.3. The lowest BCUT2D eigenvalue weighted by Gasteiger charge is -2.27. The third kappa shape index (κ3) is 13.3. The van der Waals surface area contributed by atoms with Gasteiger partial charge in [0, 0.05) is 25.7 Å². The van der Waals surface area contributed by atoms with Gasteiger partial charge in [0.05, 0.1) is 13.7 Å². The first-order valence-electron chi connectivity index (χ1n) is 14.0. The number of carbonyl (C=O) groups is 4. The van der Waals surface area contributed by atoms with Crippen molar-refractivity contribution in [3.63, 3.8) is 0 Å². The van der Waals surface area contributed by atoms with Gasteiger partial charge in [0.1, 0.15) is 11.6 Å². The molecule has 0 aliphatic rings. The highest BCUT2D eigenvalue weighted by atomic mass is 16.7. The molecule has 40 heavy (non-hydrogen) atoms. The maximum Gasteiger partial charge on any atom is 0.508 e. The van der Waals surface area contributed by atoms with E-state index in [0.29, 0.717) is 36.7 Å². The number of ether oxygens (including phenoxy) is 5. The lowest BCUT2D eigenvalue weighted by Crippen LogP contribution is -2.51. The Morgan fingerprint density at radius 1 is 0.875 bits per heavy atom. The van der Waals surface area contributed by atoms with Crippen LogP contribution < -0.4 is 15.2 Å². The summed E-state index contributed by atoms with van der Waals surface area (Å²) >= 11 is 0. The molecule has 1 aromatic carbocycles. The van der Waals surface area contributed by atoms with Crippen molar-refractivity contribution in [3.05, 3.63) is 23.8 Å². The molecule has 2 atom stereocenters. The van der Waals surface area contributed by atoms with Gasteiger partial charge < -0.3 is 29.4 Å². The Morgan fingerprint density at radius 2 is 1.45 bits per heavy atom. The monoisotopic (exact) mass is 565 g/mol. The number of nitrogens with two attached hydrogens (primary N) is 1. The minimum Gasteiger partial charge on any atom is -0.468 e. The molecule has 0 radical (unpaired) electrons. The molecule has 0 saturated carbocycles. The summed E-state index contributed by atoms with van der Waals surface area (Å²) in [6.07, 6.45) is 2.05. The number of benzene rings is 1. The van der Waals surface area contributed by atoms with Gasteiger partial charge in [-0.05, 0) is 55.7 Å². The van der Waals surface area contributed by atoms with E-state index in [1.165, 1.54) is 19.2 Å². The SMILES string of the molecule is CCC[C@H](C)OC(=O)OCC[C@@](N)(Cc1ccc(OC(=O)CCC(C)C)c(OC(=O)CCC(C)C)c1)C(=O)OC. The zero-order valence-electron chi connectivity index (χ0n) is 25.1. The molecule has 0 aliphatic heterocycles. The Labute approximate surface area is 238 Å². The maximum atomic E-state index is 12.7. The summed E-state index contributed by atoms with van der Waals surface area (Å²) in [6, 6.07) is 4.65. The molecule has 10 heteroatoms. The first-order chi connectivity index (χ1) is 18.8. The van der Waals surface area contributed by atoms with Crippen molar-refractivity contribution in [2.45, 2.75) is 105 Å². The third-order valence-electron chi connectivity index (χ3n) is 6.18. The van der Waals surface area contributed by atoms with E-state index in [1.807, 2.05) is 34.6 Å². The van der Waals surface area contributed by atoms with E-state index in [-0.39, 0.29) is 49.9 Å².